The molecule has 0 radical (unpaired) electrons. The van der Waals surface area contributed by atoms with Gasteiger partial charge >= 0.3 is 0 Å². The monoisotopic (exact) mass is 326 g/mol. The van der Waals surface area contributed by atoms with Crippen LogP contribution < -0.4 is 0 Å². The average molecular weight is 326 g/mol. The van der Waals surface area contributed by atoms with E-state index in [1.54, 1.807) is 11.0 Å². The SMILES string of the molecule is O=C(c1cccc(F)c1)N1CCN(C2CCS(=O)(=O)C2)CC1. The summed E-state index contributed by atoms with van der Waals surface area (Å²) in [5.41, 5.74) is 0.358. The van der Waals surface area contributed by atoms with Crippen LogP contribution in [0.4, 0.5) is 4.39 Å². The van der Waals surface area contributed by atoms with E-state index < -0.39 is 15.7 Å². The molecule has 0 N–H and O–H groups in total. The van der Waals surface area contributed by atoms with Gasteiger partial charge in [0.05, 0.1) is 11.5 Å². The molecule has 2 saturated heterocycles. The summed E-state index contributed by atoms with van der Waals surface area (Å²) in [4.78, 5) is 16.2. The molecule has 0 saturated carbocycles. The van der Waals surface area contributed by atoms with Crippen LogP contribution in [0.3, 0.4) is 0 Å². The lowest BCUT2D eigenvalue weighted by Gasteiger charge is -2.37. The predicted molar refractivity (Wildman–Crippen MR) is 80.9 cm³/mol. The molecule has 1 atom stereocenters. The van der Waals surface area contributed by atoms with Crippen molar-refractivity contribution >= 4 is 15.7 Å². The van der Waals surface area contributed by atoms with Crippen molar-refractivity contribution in [2.24, 2.45) is 0 Å². The number of hydrogen-bond acceptors (Lipinski definition) is 4. The summed E-state index contributed by atoms with van der Waals surface area (Å²) in [5.74, 6) is -0.0934. The number of piperazine rings is 1. The molecular weight excluding hydrogens is 307 g/mol. The highest BCUT2D eigenvalue weighted by Gasteiger charge is 2.34. The van der Waals surface area contributed by atoms with Gasteiger partial charge in [-0.3, -0.25) is 9.69 Å². The van der Waals surface area contributed by atoms with Gasteiger partial charge in [-0.2, -0.15) is 0 Å². The van der Waals surface area contributed by atoms with Gasteiger partial charge in [-0.05, 0) is 24.6 Å². The summed E-state index contributed by atoms with van der Waals surface area (Å²) < 4.78 is 36.3. The maximum Gasteiger partial charge on any atom is 0.254 e. The third-order valence-electron chi connectivity index (χ3n) is 4.40. The van der Waals surface area contributed by atoms with Crippen LogP contribution in [-0.4, -0.2) is 67.9 Å². The summed E-state index contributed by atoms with van der Waals surface area (Å²) in [7, 11) is -2.89. The number of hydrogen-bond donors (Lipinski definition) is 0. The Hall–Kier alpha value is -1.47. The maximum atomic E-state index is 13.2. The van der Waals surface area contributed by atoms with Gasteiger partial charge in [0.25, 0.3) is 5.91 Å². The van der Waals surface area contributed by atoms with Crippen LogP contribution in [-0.2, 0) is 9.84 Å². The van der Waals surface area contributed by atoms with Crippen LogP contribution in [0.2, 0.25) is 0 Å². The number of carbonyl (C=O) groups is 1. The van der Waals surface area contributed by atoms with Crippen molar-refractivity contribution in [2.45, 2.75) is 12.5 Å². The second-order valence-corrected chi connectivity index (χ2v) is 8.12. The maximum absolute atomic E-state index is 13.2. The molecular formula is C15H19FN2O3S. The molecule has 0 bridgehead atoms. The number of amides is 1. The molecule has 22 heavy (non-hydrogen) atoms. The lowest BCUT2D eigenvalue weighted by Crippen LogP contribution is -2.52. The molecule has 2 fully saturated rings. The van der Waals surface area contributed by atoms with E-state index >= 15 is 0 Å². The van der Waals surface area contributed by atoms with Gasteiger partial charge in [0.2, 0.25) is 0 Å². The molecule has 2 aliphatic heterocycles. The molecule has 1 amide bonds. The summed E-state index contributed by atoms with van der Waals surface area (Å²) >= 11 is 0. The minimum Gasteiger partial charge on any atom is -0.336 e. The Kier molecular flexibility index (Phi) is 4.18. The van der Waals surface area contributed by atoms with Crippen molar-refractivity contribution in [2.75, 3.05) is 37.7 Å². The Morgan fingerprint density at radius 1 is 1.18 bits per heavy atom. The Balaban J connectivity index is 1.59. The number of halogens is 1. The molecule has 120 valence electrons. The highest BCUT2D eigenvalue weighted by molar-refractivity contribution is 7.91. The van der Waals surface area contributed by atoms with E-state index in [2.05, 4.69) is 4.90 Å². The standard InChI is InChI=1S/C15H19FN2O3S/c16-13-3-1-2-12(10-13)15(19)18-7-5-17(6-8-18)14-4-9-22(20,21)11-14/h1-3,10,14H,4-9,11H2. The van der Waals surface area contributed by atoms with E-state index in [0.29, 0.717) is 38.2 Å². The zero-order valence-electron chi connectivity index (χ0n) is 12.2. The van der Waals surface area contributed by atoms with Gasteiger partial charge in [0, 0.05) is 37.8 Å². The Morgan fingerprint density at radius 3 is 2.50 bits per heavy atom. The largest absolute Gasteiger partial charge is 0.336 e. The quantitative estimate of drug-likeness (QED) is 0.805. The van der Waals surface area contributed by atoms with Gasteiger partial charge < -0.3 is 4.90 Å². The topological polar surface area (TPSA) is 57.7 Å². The van der Waals surface area contributed by atoms with Gasteiger partial charge in [0.15, 0.2) is 9.84 Å². The van der Waals surface area contributed by atoms with E-state index in [0.717, 1.165) is 0 Å². The first-order valence-electron chi connectivity index (χ1n) is 7.44. The fourth-order valence-corrected chi connectivity index (χ4v) is 4.92. The molecule has 2 heterocycles. The Labute approximate surface area is 129 Å². The predicted octanol–water partition coefficient (Wildman–Crippen LogP) is 0.771. The molecule has 1 aromatic carbocycles. The zero-order chi connectivity index (χ0) is 15.7. The summed E-state index contributed by atoms with van der Waals surface area (Å²) in [6, 6.07) is 5.79. The van der Waals surface area contributed by atoms with Crippen molar-refractivity contribution in [3.8, 4) is 0 Å². The number of carbonyl (C=O) groups excluding carboxylic acids is 1. The number of sulfone groups is 1. The molecule has 5 nitrogen and oxygen atoms in total. The first kappa shape index (κ1) is 15.4. The van der Waals surface area contributed by atoms with Crippen molar-refractivity contribution in [1.82, 2.24) is 9.80 Å². The number of benzene rings is 1. The number of nitrogens with zero attached hydrogens (tertiary/aromatic N) is 2. The third kappa shape index (κ3) is 3.30. The molecule has 1 aromatic rings. The Morgan fingerprint density at radius 2 is 1.91 bits per heavy atom. The summed E-state index contributed by atoms with van der Waals surface area (Å²) in [5, 5.41) is 0. The molecule has 7 heteroatoms. The van der Waals surface area contributed by atoms with E-state index in [1.165, 1.54) is 18.2 Å². The van der Waals surface area contributed by atoms with Crippen LogP contribution in [0.1, 0.15) is 16.8 Å². The average Bonchev–Trinajstić information content (AvgIpc) is 2.87. The van der Waals surface area contributed by atoms with Crippen LogP contribution in [0.25, 0.3) is 0 Å². The summed E-state index contributed by atoms with van der Waals surface area (Å²) in [6.45, 7) is 2.43. The van der Waals surface area contributed by atoms with E-state index in [-0.39, 0.29) is 23.5 Å². The first-order valence-corrected chi connectivity index (χ1v) is 9.26. The van der Waals surface area contributed by atoms with Crippen molar-refractivity contribution in [3.63, 3.8) is 0 Å². The second kappa shape index (κ2) is 5.96. The molecule has 2 aliphatic rings. The molecule has 1 unspecified atom stereocenters. The highest BCUT2D eigenvalue weighted by Crippen LogP contribution is 2.20. The molecule has 0 aliphatic carbocycles. The smallest absolute Gasteiger partial charge is 0.254 e. The first-order chi connectivity index (χ1) is 10.4. The summed E-state index contributed by atoms with van der Waals surface area (Å²) in [6.07, 6.45) is 0.681. The molecule has 3 rings (SSSR count). The van der Waals surface area contributed by atoms with Crippen LogP contribution in [0.15, 0.2) is 24.3 Å². The second-order valence-electron chi connectivity index (χ2n) is 5.90. The van der Waals surface area contributed by atoms with Crippen molar-refractivity contribution in [1.29, 1.82) is 0 Å². The lowest BCUT2D eigenvalue weighted by atomic mass is 10.1. The van der Waals surface area contributed by atoms with E-state index in [1.807, 2.05) is 0 Å². The lowest BCUT2D eigenvalue weighted by molar-refractivity contribution is 0.0587. The Bertz CT molecular complexity index is 669. The van der Waals surface area contributed by atoms with Gasteiger partial charge in [-0.25, -0.2) is 12.8 Å². The van der Waals surface area contributed by atoms with Crippen molar-refractivity contribution < 1.29 is 17.6 Å². The number of rotatable bonds is 2. The molecule has 0 aromatic heterocycles. The minimum absolute atomic E-state index is 0.0800. The third-order valence-corrected chi connectivity index (χ3v) is 6.15. The normalized spacial score (nSPS) is 25.3. The van der Waals surface area contributed by atoms with E-state index in [4.69, 9.17) is 0 Å². The molecule has 0 spiro atoms. The fraction of sp³-hybridized carbons (Fsp3) is 0.533. The van der Waals surface area contributed by atoms with Gasteiger partial charge in [-0.1, -0.05) is 6.07 Å². The van der Waals surface area contributed by atoms with Crippen molar-refractivity contribution in [3.05, 3.63) is 35.6 Å². The van der Waals surface area contributed by atoms with Crippen LogP contribution >= 0.6 is 0 Å². The van der Waals surface area contributed by atoms with Gasteiger partial charge in [0.1, 0.15) is 5.82 Å². The highest BCUT2D eigenvalue weighted by atomic mass is 32.2. The zero-order valence-corrected chi connectivity index (χ0v) is 13.1. The minimum atomic E-state index is -2.89. The van der Waals surface area contributed by atoms with Gasteiger partial charge in [-0.15, -0.1) is 0 Å². The van der Waals surface area contributed by atoms with Crippen LogP contribution in [0, 0.1) is 5.82 Å². The fourth-order valence-electron chi connectivity index (χ4n) is 3.16. The van der Waals surface area contributed by atoms with Crippen LogP contribution in [0.5, 0.6) is 0 Å². The van der Waals surface area contributed by atoms with E-state index in [9.17, 15) is 17.6 Å².